The third-order valence-electron chi connectivity index (χ3n) is 2.97. The zero-order valence-electron chi connectivity index (χ0n) is 11.3. The summed E-state index contributed by atoms with van der Waals surface area (Å²) >= 11 is 1.61. The van der Waals surface area contributed by atoms with E-state index in [2.05, 4.69) is 24.0 Å². The Labute approximate surface area is 117 Å². The van der Waals surface area contributed by atoms with E-state index in [0.29, 0.717) is 13.0 Å². The van der Waals surface area contributed by atoms with Crippen LogP contribution in [0.5, 0.6) is 5.75 Å². The predicted molar refractivity (Wildman–Crippen MR) is 77.8 cm³/mol. The number of ether oxygens (including phenoxy) is 1. The van der Waals surface area contributed by atoms with Gasteiger partial charge < -0.3 is 9.84 Å². The SMILES string of the molecule is CCc1ccc(OCc2nc(C)c(CCO)s2)cc1. The maximum atomic E-state index is 8.96. The molecule has 1 N–H and O–H groups in total. The van der Waals surface area contributed by atoms with Gasteiger partial charge in [-0.2, -0.15) is 0 Å². The molecule has 0 bridgehead atoms. The highest BCUT2D eigenvalue weighted by Crippen LogP contribution is 2.21. The number of hydrogen-bond acceptors (Lipinski definition) is 4. The molecule has 0 spiro atoms. The lowest BCUT2D eigenvalue weighted by Gasteiger charge is -2.04. The van der Waals surface area contributed by atoms with Crippen molar-refractivity contribution in [3.8, 4) is 5.75 Å². The number of aliphatic hydroxyl groups excluding tert-OH is 1. The fourth-order valence-electron chi connectivity index (χ4n) is 1.85. The number of rotatable bonds is 6. The van der Waals surface area contributed by atoms with Crippen LogP contribution in [-0.4, -0.2) is 16.7 Å². The zero-order valence-corrected chi connectivity index (χ0v) is 12.2. The van der Waals surface area contributed by atoms with Crippen molar-refractivity contribution in [2.45, 2.75) is 33.3 Å². The van der Waals surface area contributed by atoms with E-state index in [-0.39, 0.29) is 6.61 Å². The molecule has 0 amide bonds. The maximum absolute atomic E-state index is 8.96. The van der Waals surface area contributed by atoms with E-state index in [0.717, 1.165) is 27.7 Å². The molecule has 0 radical (unpaired) electrons. The van der Waals surface area contributed by atoms with Gasteiger partial charge in [0.2, 0.25) is 0 Å². The van der Waals surface area contributed by atoms with Gasteiger partial charge >= 0.3 is 0 Å². The second kappa shape index (κ2) is 6.68. The van der Waals surface area contributed by atoms with Crippen LogP contribution in [0.4, 0.5) is 0 Å². The first-order chi connectivity index (χ1) is 9.22. The van der Waals surface area contributed by atoms with Crippen molar-refractivity contribution in [3.63, 3.8) is 0 Å². The molecule has 1 aromatic carbocycles. The van der Waals surface area contributed by atoms with Crippen molar-refractivity contribution in [1.29, 1.82) is 0 Å². The van der Waals surface area contributed by atoms with E-state index in [4.69, 9.17) is 9.84 Å². The van der Waals surface area contributed by atoms with E-state index < -0.39 is 0 Å². The first-order valence-corrected chi connectivity index (χ1v) is 7.32. The number of benzene rings is 1. The molecule has 4 heteroatoms. The Morgan fingerprint density at radius 3 is 2.63 bits per heavy atom. The quantitative estimate of drug-likeness (QED) is 0.882. The lowest BCUT2D eigenvalue weighted by atomic mass is 10.2. The fraction of sp³-hybridized carbons (Fsp3) is 0.400. The Kier molecular flexibility index (Phi) is 4.93. The predicted octanol–water partition coefficient (Wildman–Crippen LogP) is 3.13. The van der Waals surface area contributed by atoms with Crippen LogP contribution in [0.15, 0.2) is 24.3 Å². The third-order valence-corrected chi connectivity index (χ3v) is 4.16. The van der Waals surface area contributed by atoms with E-state index in [1.54, 1.807) is 11.3 Å². The van der Waals surface area contributed by atoms with Gasteiger partial charge in [0.1, 0.15) is 17.4 Å². The summed E-state index contributed by atoms with van der Waals surface area (Å²) in [4.78, 5) is 5.60. The van der Waals surface area contributed by atoms with Crippen LogP contribution in [0.3, 0.4) is 0 Å². The van der Waals surface area contributed by atoms with Crippen LogP contribution in [0.1, 0.15) is 28.1 Å². The highest BCUT2D eigenvalue weighted by Gasteiger charge is 2.07. The zero-order chi connectivity index (χ0) is 13.7. The van der Waals surface area contributed by atoms with Gasteiger partial charge in [-0.25, -0.2) is 4.98 Å². The molecule has 0 saturated heterocycles. The highest BCUT2D eigenvalue weighted by molar-refractivity contribution is 7.11. The summed E-state index contributed by atoms with van der Waals surface area (Å²) in [6, 6.07) is 8.15. The van der Waals surface area contributed by atoms with Crippen molar-refractivity contribution in [1.82, 2.24) is 4.98 Å². The number of aromatic nitrogens is 1. The van der Waals surface area contributed by atoms with E-state index in [1.807, 2.05) is 19.1 Å². The summed E-state index contributed by atoms with van der Waals surface area (Å²) in [7, 11) is 0. The van der Waals surface area contributed by atoms with Gasteiger partial charge in [-0.3, -0.25) is 0 Å². The number of aryl methyl sites for hydroxylation is 2. The Bertz CT molecular complexity index is 519. The number of aliphatic hydroxyl groups is 1. The lowest BCUT2D eigenvalue weighted by Crippen LogP contribution is -1.94. The second-order valence-corrected chi connectivity index (χ2v) is 5.54. The molecule has 0 fully saturated rings. The molecular formula is C15H19NO2S. The average molecular weight is 277 g/mol. The number of thiazole rings is 1. The molecule has 3 nitrogen and oxygen atoms in total. The first-order valence-electron chi connectivity index (χ1n) is 6.50. The second-order valence-electron chi connectivity index (χ2n) is 4.38. The largest absolute Gasteiger partial charge is 0.486 e. The minimum Gasteiger partial charge on any atom is -0.486 e. The minimum absolute atomic E-state index is 0.168. The van der Waals surface area contributed by atoms with Crippen molar-refractivity contribution >= 4 is 11.3 Å². The molecule has 2 aromatic rings. The Morgan fingerprint density at radius 1 is 1.26 bits per heavy atom. The van der Waals surface area contributed by atoms with Crippen LogP contribution >= 0.6 is 11.3 Å². The van der Waals surface area contributed by atoms with Crippen LogP contribution in [0, 0.1) is 6.92 Å². The molecule has 1 aromatic heterocycles. The monoisotopic (exact) mass is 277 g/mol. The van der Waals surface area contributed by atoms with Crippen molar-refractivity contribution in [2.24, 2.45) is 0 Å². The molecule has 19 heavy (non-hydrogen) atoms. The van der Waals surface area contributed by atoms with Gasteiger partial charge in [-0.15, -0.1) is 11.3 Å². The van der Waals surface area contributed by atoms with Crippen molar-refractivity contribution in [3.05, 3.63) is 45.4 Å². The smallest absolute Gasteiger partial charge is 0.140 e. The summed E-state index contributed by atoms with van der Waals surface area (Å²) in [5.74, 6) is 0.869. The molecule has 0 aliphatic heterocycles. The van der Waals surface area contributed by atoms with Crippen LogP contribution < -0.4 is 4.74 Å². The molecule has 0 saturated carbocycles. The summed E-state index contributed by atoms with van der Waals surface area (Å²) in [6.45, 7) is 4.77. The van der Waals surface area contributed by atoms with Gasteiger partial charge in [0.15, 0.2) is 0 Å². The lowest BCUT2D eigenvalue weighted by molar-refractivity contribution is 0.300. The molecule has 0 atom stereocenters. The summed E-state index contributed by atoms with van der Waals surface area (Å²) in [5.41, 5.74) is 2.31. The van der Waals surface area contributed by atoms with Gasteiger partial charge in [0.05, 0.1) is 5.69 Å². The molecule has 0 aliphatic rings. The molecule has 0 unspecified atom stereocenters. The van der Waals surface area contributed by atoms with Gasteiger partial charge in [0, 0.05) is 17.9 Å². The molecular weight excluding hydrogens is 258 g/mol. The van der Waals surface area contributed by atoms with E-state index in [1.165, 1.54) is 5.56 Å². The Morgan fingerprint density at radius 2 is 2.00 bits per heavy atom. The minimum atomic E-state index is 0.168. The molecule has 102 valence electrons. The standard InChI is InChI=1S/C15H19NO2S/c1-3-12-4-6-13(7-5-12)18-10-15-16-11(2)14(19-15)8-9-17/h4-7,17H,3,8-10H2,1-2H3. The normalized spacial score (nSPS) is 10.7. The van der Waals surface area contributed by atoms with E-state index in [9.17, 15) is 0 Å². The fourth-order valence-corrected chi connectivity index (χ4v) is 2.82. The topological polar surface area (TPSA) is 42.4 Å². The molecule has 1 heterocycles. The summed E-state index contributed by atoms with van der Waals surface area (Å²) < 4.78 is 5.72. The van der Waals surface area contributed by atoms with Gasteiger partial charge in [-0.1, -0.05) is 19.1 Å². The number of hydrogen-bond donors (Lipinski definition) is 1. The summed E-state index contributed by atoms with van der Waals surface area (Å²) in [6.07, 6.45) is 1.71. The van der Waals surface area contributed by atoms with Gasteiger partial charge in [-0.05, 0) is 31.0 Å². The summed E-state index contributed by atoms with van der Waals surface area (Å²) in [5, 5.41) is 9.92. The van der Waals surface area contributed by atoms with Crippen molar-refractivity contribution < 1.29 is 9.84 Å². The van der Waals surface area contributed by atoms with Crippen molar-refractivity contribution in [2.75, 3.05) is 6.61 Å². The third kappa shape index (κ3) is 3.78. The molecule has 2 rings (SSSR count). The van der Waals surface area contributed by atoms with E-state index >= 15 is 0 Å². The maximum Gasteiger partial charge on any atom is 0.140 e. The first kappa shape index (κ1) is 14.0. The molecule has 0 aliphatic carbocycles. The van der Waals surface area contributed by atoms with Crippen LogP contribution in [0.2, 0.25) is 0 Å². The highest BCUT2D eigenvalue weighted by atomic mass is 32.1. The van der Waals surface area contributed by atoms with Gasteiger partial charge in [0.25, 0.3) is 0 Å². The van der Waals surface area contributed by atoms with Crippen LogP contribution in [-0.2, 0) is 19.4 Å². The Balaban J connectivity index is 1.95. The number of nitrogens with zero attached hydrogens (tertiary/aromatic N) is 1. The Hall–Kier alpha value is -1.39. The average Bonchev–Trinajstić information content (AvgIpc) is 2.78. The van der Waals surface area contributed by atoms with Crippen LogP contribution in [0.25, 0.3) is 0 Å².